The van der Waals surface area contributed by atoms with Crippen molar-refractivity contribution in [1.29, 1.82) is 0 Å². The molecule has 0 aliphatic rings. The molecule has 0 saturated heterocycles. The van der Waals surface area contributed by atoms with Crippen LogP contribution in [-0.2, 0) is 10.0 Å². The van der Waals surface area contributed by atoms with Crippen LogP contribution >= 0.6 is 11.6 Å². The summed E-state index contributed by atoms with van der Waals surface area (Å²) < 4.78 is 26.4. The third-order valence-electron chi connectivity index (χ3n) is 3.42. The fraction of sp³-hybridized carbons (Fsp3) is 0.0667. The minimum absolute atomic E-state index is 0.0413. The number of benzene rings is 1. The van der Waals surface area contributed by atoms with E-state index in [1.807, 2.05) is 6.92 Å². The Balaban J connectivity index is 2.23. The fourth-order valence-electron chi connectivity index (χ4n) is 2.20. The molecular formula is C15H11ClN2O4S. The first-order valence-electron chi connectivity index (χ1n) is 6.53. The van der Waals surface area contributed by atoms with Crippen molar-refractivity contribution >= 4 is 38.6 Å². The number of rotatable bonds is 3. The SMILES string of the molecule is Cc1ccc(S(=O)(=O)n2ccc3c(Cl)c(C(=O)O)cnc32)cc1. The number of carboxylic acids is 1. The molecule has 23 heavy (non-hydrogen) atoms. The van der Waals surface area contributed by atoms with Crippen molar-refractivity contribution in [3.8, 4) is 0 Å². The topological polar surface area (TPSA) is 89.3 Å². The molecule has 0 amide bonds. The summed E-state index contributed by atoms with van der Waals surface area (Å²) in [6, 6.07) is 7.83. The predicted octanol–water partition coefficient (Wildman–Crippen LogP) is 2.93. The average Bonchev–Trinajstić information content (AvgIpc) is 2.93. The maximum atomic E-state index is 12.7. The van der Waals surface area contributed by atoms with E-state index in [1.54, 1.807) is 12.1 Å². The number of carbonyl (C=O) groups is 1. The number of aromatic nitrogens is 2. The van der Waals surface area contributed by atoms with Crippen LogP contribution in [0.15, 0.2) is 47.6 Å². The molecule has 0 atom stereocenters. The minimum atomic E-state index is -3.84. The Morgan fingerprint density at radius 3 is 2.48 bits per heavy atom. The number of halogens is 1. The van der Waals surface area contributed by atoms with Gasteiger partial charge < -0.3 is 5.11 Å². The third kappa shape index (κ3) is 2.47. The second-order valence-electron chi connectivity index (χ2n) is 4.96. The van der Waals surface area contributed by atoms with Crippen LogP contribution in [0.1, 0.15) is 15.9 Å². The summed E-state index contributed by atoms with van der Waals surface area (Å²) >= 11 is 6.04. The number of aromatic carboxylic acids is 1. The fourth-order valence-corrected chi connectivity index (χ4v) is 3.78. The van der Waals surface area contributed by atoms with Crippen LogP contribution in [0.3, 0.4) is 0 Å². The summed E-state index contributed by atoms with van der Waals surface area (Å²) in [6.07, 6.45) is 2.36. The first-order chi connectivity index (χ1) is 10.8. The lowest BCUT2D eigenvalue weighted by molar-refractivity contribution is 0.0697. The molecule has 0 fully saturated rings. The standard InChI is InChI=1S/C15H11ClN2O4S/c1-9-2-4-10(5-3-9)23(21,22)18-7-6-11-13(16)12(15(19)20)8-17-14(11)18/h2-8H,1H3,(H,19,20). The van der Waals surface area contributed by atoms with Gasteiger partial charge in [-0.1, -0.05) is 29.3 Å². The van der Waals surface area contributed by atoms with Crippen molar-refractivity contribution in [3.63, 3.8) is 0 Å². The number of fused-ring (bicyclic) bond motifs is 1. The molecule has 3 rings (SSSR count). The summed E-state index contributed by atoms with van der Waals surface area (Å²) in [6.45, 7) is 1.86. The Bertz CT molecular complexity index is 1020. The normalized spacial score (nSPS) is 11.7. The zero-order valence-electron chi connectivity index (χ0n) is 11.9. The highest BCUT2D eigenvalue weighted by molar-refractivity contribution is 7.90. The van der Waals surface area contributed by atoms with E-state index in [0.29, 0.717) is 0 Å². The van der Waals surface area contributed by atoms with Crippen molar-refractivity contribution in [2.45, 2.75) is 11.8 Å². The second-order valence-corrected chi connectivity index (χ2v) is 7.15. The Morgan fingerprint density at radius 1 is 1.22 bits per heavy atom. The Kier molecular flexibility index (Phi) is 3.62. The van der Waals surface area contributed by atoms with Crippen LogP contribution in [0.2, 0.25) is 5.02 Å². The molecule has 3 aromatic rings. The van der Waals surface area contributed by atoms with E-state index in [1.165, 1.54) is 24.4 Å². The molecule has 2 heterocycles. The van der Waals surface area contributed by atoms with Crippen molar-refractivity contribution in [2.24, 2.45) is 0 Å². The van der Waals surface area contributed by atoms with Crippen molar-refractivity contribution < 1.29 is 18.3 Å². The summed E-state index contributed by atoms with van der Waals surface area (Å²) in [7, 11) is -3.84. The molecule has 0 unspecified atom stereocenters. The summed E-state index contributed by atoms with van der Waals surface area (Å²) in [5.74, 6) is -1.22. The molecule has 6 nitrogen and oxygen atoms in total. The summed E-state index contributed by atoms with van der Waals surface area (Å²) in [4.78, 5) is 15.1. The average molecular weight is 351 g/mol. The lowest BCUT2D eigenvalue weighted by atomic mass is 10.2. The molecule has 1 aromatic carbocycles. The molecule has 1 N–H and O–H groups in total. The van der Waals surface area contributed by atoms with Gasteiger partial charge in [0.1, 0.15) is 0 Å². The van der Waals surface area contributed by atoms with Gasteiger partial charge in [-0.25, -0.2) is 22.2 Å². The molecule has 118 valence electrons. The quantitative estimate of drug-likeness (QED) is 0.784. The first kappa shape index (κ1) is 15.5. The van der Waals surface area contributed by atoms with E-state index in [-0.39, 0.29) is 26.5 Å². The molecule has 0 aliphatic carbocycles. The van der Waals surface area contributed by atoms with E-state index in [9.17, 15) is 13.2 Å². The van der Waals surface area contributed by atoms with Crippen LogP contribution in [0, 0.1) is 6.92 Å². The van der Waals surface area contributed by atoms with Gasteiger partial charge in [-0.05, 0) is 25.1 Å². The Morgan fingerprint density at radius 2 is 1.87 bits per heavy atom. The van der Waals surface area contributed by atoms with Gasteiger partial charge in [-0.3, -0.25) is 0 Å². The van der Waals surface area contributed by atoms with Gasteiger partial charge in [0.15, 0.2) is 5.65 Å². The summed E-state index contributed by atoms with van der Waals surface area (Å²) in [5.41, 5.74) is 0.846. The molecule has 0 saturated carbocycles. The molecule has 0 spiro atoms. The highest BCUT2D eigenvalue weighted by atomic mass is 35.5. The molecular weight excluding hydrogens is 340 g/mol. The van der Waals surface area contributed by atoms with Crippen LogP contribution < -0.4 is 0 Å². The van der Waals surface area contributed by atoms with Gasteiger partial charge in [-0.15, -0.1) is 0 Å². The largest absolute Gasteiger partial charge is 0.478 e. The lowest BCUT2D eigenvalue weighted by Crippen LogP contribution is -2.12. The van der Waals surface area contributed by atoms with Gasteiger partial charge in [0.25, 0.3) is 10.0 Å². The van der Waals surface area contributed by atoms with Crippen LogP contribution in [-0.4, -0.2) is 28.5 Å². The smallest absolute Gasteiger partial charge is 0.338 e. The number of pyridine rings is 1. The van der Waals surface area contributed by atoms with Gasteiger partial charge in [0.05, 0.1) is 15.5 Å². The molecule has 0 radical (unpaired) electrons. The van der Waals surface area contributed by atoms with Crippen LogP contribution in [0.4, 0.5) is 0 Å². The number of nitrogens with zero attached hydrogens (tertiary/aromatic N) is 2. The minimum Gasteiger partial charge on any atom is -0.478 e. The molecule has 2 aromatic heterocycles. The predicted molar refractivity (Wildman–Crippen MR) is 85.5 cm³/mol. The zero-order valence-corrected chi connectivity index (χ0v) is 13.5. The second kappa shape index (κ2) is 5.36. The Labute approximate surface area is 137 Å². The Hall–Kier alpha value is -2.38. The van der Waals surface area contributed by atoms with Gasteiger partial charge in [-0.2, -0.15) is 0 Å². The first-order valence-corrected chi connectivity index (χ1v) is 8.35. The van der Waals surface area contributed by atoms with E-state index in [4.69, 9.17) is 16.7 Å². The molecule has 0 aliphatic heterocycles. The van der Waals surface area contributed by atoms with Crippen molar-refractivity contribution in [3.05, 3.63) is 58.9 Å². The number of aryl methyl sites for hydroxylation is 1. The monoisotopic (exact) mass is 350 g/mol. The molecule has 0 bridgehead atoms. The van der Waals surface area contributed by atoms with E-state index < -0.39 is 16.0 Å². The van der Waals surface area contributed by atoms with Crippen molar-refractivity contribution in [2.75, 3.05) is 0 Å². The van der Waals surface area contributed by atoms with Gasteiger partial charge >= 0.3 is 5.97 Å². The third-order valence-corrected chi connectivity index (χ3v) is 5.51. The maximum absolute atomic E-state index is 12.7. The zero-order chi connectivity index (χ0) is 16.8. The highest BCUT2D eigenvalue weighted by Gasteiger charge is 2.22. The lowest BCUT2D eigenvalue weighted by Gasteiger charge is -2.08. The van der Waals surface area contributed by atoms with Gasteiger partial charge in [0, 0.05) is 17.8 Å². The summed E-state index contributed by atoms with van der Waals surface area (Å²) in [5, 5.41) is 9.27. The van der Waals surface area contributed by atoms with Crippen LogP contribution in [0.25, 0.3) is 11.0 Å². The number of hydrogen-bond acceptors (Lipinski definition) is 4. The van der Waals surface area contributed by atoms with E-state index >= 15 is 0 Å². The van der Waals surface area contributed by atoms with Crippen molar-refractivity contribution in [1.82, 2.24) is 8.96 Å². The number of hydrogen-bond donors (Lipinski definition) is 1. The van der Waals surface area contributed by atoms with E-state index in [2.05, 4.69) is 4.98 Å². The maximum Gasteiger partial charge on any atom is 0.338 e. The number of carboxylic acid groups (broad SMARTS) is 1. The highest BCUT2D eigenvalue weighted by Crippen LogP contribution is 2.28. The molecule has 8 heteroatoms. The van der Waals surface area contributed by atoms with E-state index in [0.717, 1.165) is 15.7 Å². The van der Waals surface area contributed by atoms with Crippen LogP contribution in [0.5, 0.6) is 0 Å². The van der Waals surface area contributed by atoms with Gasteiger partial charge in [0.2, 0.25) is 0 Å².